The van der Waals surface area contributed by atoms with Crippen molar-refractivity contribution >= 4 is 17.3 Å². The molecule has 4 nitrogen and oxygen atoms in total. The molecular formula is C17H16ClN3O. The molecule has 112 valence electrons. The van der Waals surface area contributed by atoms with E-state index >= 15 is 0 Å². The molecular weight excluding hydrogens is 298 g/mol. The van der Waals surface area contributed by atoms with E-state index < -0.39 is 0 Å². The second-order valence-electron chi connectivity index (χ2n) is 5.19. The Morgan fingerprint density at radius 3 is 2.59 bits per heavy atom. The SMILES string of the molecule is Cc1cccc(-c2nnc([C@@H](C)Nc3ccc(Cl)cc3)o2)c1. The van der Waals surface area contributed by atoms with E-state index in [1.165, 1.54) is 0 Å². The van der Waals surface area contributed by atoms with Crippen LogP contribution in [0.2, 0.25) is 5.02 Å². The number of anilines is 1. The summed E-state index contributed by atoms with van der Waals surface area (Å²) in [4.78, 5) is 0. The average Bonchev–Trinajstić information content (AvgIpc) is 3.00. The van der Waals surface area contributed by atoms with Crippen LogP contribution in [0.5, 0.6) is 0 Å². The lowest BCUT2D eigenvalue weighted by atomic mass is 10.1. The Labute approximate surface area is 134 Å². The molecule has 0 bridgehead atoms. The highest BCUT2D eigenvalue weighted by atomic mass is 35.5. The smallest absolute Gasteiger partial charge is 0.247 e. The molecule has 0 unspecified atom stereocenters. The third-order valence-electron chi connectivity index (χ3n) is 3.30. The van der Waals surface area contributed by atoms with Crippen LogP contribution in [-0.4, -0.2) is 10.2 Å². The van der Waals surface area contributed by atoms with Gasteiger partial charge in [-0.3, -0.25) is 0 Å². The highest BCUT2D eigenvalue weighted by Crippen LogP contribution is 2.24. The molecule has 0 saturated carbocycles. The number of aromatic nitrogens is 2. The summed E-state index contributed by atoms with van der Waals surface area (Å²) in [5.74, 6) is 1.08. The third kappa shape index (κ3) is 3.28. The molecule has 1 N–H and O–H groups in total. The van der Waals surface area contributed by atoms with Crippen molar-refractivity contribution in [2.75, 3.05) is 5.32 Å². The van der Waals surface area contributed by atoms with Crippen molar-refractivity contribution in [3.05, 3.63) is 65.0 Å². The Morgan fingerprint density at radius 1 is 1.09 bits per heavy atom. The number of nitrogens with zero attached hydrogens (tertiary/aromatic N) is 2. The van der Waals surface area contributed by atoms with Gasteiger partial charge >= 0.3 is 0 Å². The number of hydrogen-bond donors (Lipinski definition) is 1. The Kier molecular flexibility index (Phi) is 4.11. The van der Waals surface area contributed by atoms with Gasteiger partial charge in [-0.05, 0) is 50.2 Å². The van der Waals surface area contributed by atoms with Gasteiger partial charge in [-0.15, -0.1) is 10.2 Å². The average molecular weight is 314 g/mol. The molecule has 5 heteroatoms. The van der Waals surface area contributed by atoms with E-state index in [9.17, 15) is 0 Å². The molecule has 1 atom stereocenters. The summed E-state index contributed by atoms with van der Waals surface area (Å²) in [5.41, 5.74) is 3.04. The largest absolute Gasteiger partial charge is 0.418 e. The van der Waals surface area contributed by atoms with Crippen molar-refractivity contribution in [1.29, 1.82) is 0 Å². The molecule has 2 aromatic carbocycles. The molecule has 0 saturated heterocycles. The lowest BCUT2D eigenvalue weighted by Gasteiger charge is -2.11. The van der Waals surface area contributed by atoms with E-state index in [1.807, 2.05) is 62.4 Å². The molecule has 0 radical (unpaired) electrons. The summed E-state index contributed by atoms with van der Waals surface area (Å²) in [6, 6.07) is 15.4. The fourth-order valence-electron chi connectivity index (χ4n) is 2.16. The van der Waals surface area contributed by atoms with Crippen molar-refractivity contribution in [1.82, 2.24) is 10.2 Å². The first kappa shape index (κ1) is 14.6. The first-order valence-corrected chi connectivity index (χ1v) is 7.42. The fraction of sp³-hybridized carbons (Fsp3) is 0.176. The van der Waals surface area contributed by atoms with Crippen molar-refractivity contribution in [2.24, 2.45) is 0 Å². The van der Waals surface area contributed by atoms with Gasteiger partial charge in [0.25, 0.3) is 0 Å². The number of aryl methyl sites for hydroxylation is 1. The van der Waals surface area contributed by atoms with E-state index in [1.54, 1.807) is 0 Å². The Hall–Kier alpha value is -2.33. The number of halogens is 1. The van der Waals surface area contributed by atoms with E-state index in [0.29, 0.717) is 16.8 Å². The Bertz CT molecular complexity index is 768. The van der Waals surface area contributed by atoms with Crippen molar-refractivity contribution in [3.8, 4) is 11.5 Å². The van der Waals surface area contributed by atoms with Crippen LogP contribution in [0.3, 0.4) is 0 Å². The summed E-state index contributed by atoms with van der Waals surface area (Å²) in [6.07, 6.45) is 0. The predicted molar refractivity (Wildman–Crippen MR) is 88.0 cm³/mol. The second kappa shape index (κ2) is 6.20. The molecule has 3 rings (SSSR count). The summed E-state index contributed by atoms with van der Waals surface area (Å²) in [7, 11) is 0. The number of nitrogens with one attached hydrogen (secondary N) is 1. The number of benzene rings is 2. The summed E-state index contributed by atoms with van der Waals surface area (Å²) >= 11 is 5.88. The van der Waals surface area contributed by atoms with Gasteiger partial charge in [-0.1, -0.05) is 29.3 Å². The van der Waals surface area contributed by atoms with Crippen LogP contribution in [0.4, 0.5) is 5.69 Å². The van der Waals surface area contributed by atoms with Crippen LogP contribution >= 0.6 is 11.6 Å². The molecule has 0 spiro atoms. The van der Waals surface area contributed by atoms with Crippen LogP contribution in [0, 0.1) is 6.92 Å². The topological polar surface area (TPSA) is 51.0 Å². The van der Waals surface area contributed by atoms with Crippen LogP contribution in [0.25, 0.3) is 11.5 Å². The summed E-state index contributed by atoms with van der Waals surface area (Å²) in [5, 5.41) is 12.3. The fourth-order valence-corrected chi connectivity index (χ4v) is 2.29. The lowest BCUT2D eigenvalue weighted by Crippen LogP contribution is -2.06. The third-order valence-corrected chi connectivity index (χ3v) is 3.56. The number of hydrogen-bond acceptors (Lipinski definition) is 4. The maximum Gasteiger partial charge on any atom is 0.247 e. The van der Waals surface area contributed by atoms with Gasteiger partial charge in [0.05, 0.1) is 0 Å². The minimum absolute atomic E-state index is 0.0905. The van der Waals surface area contributed by atoms with Crippen LogP contribution in [-0.2, 0) is 0 Å². The van der Waals surface area contributed by atoms with Crippen LogP contribution < -0.4 is 5.32 Å². The molecule has 3 aromatic rings. The Balaban J connectivity index is 1.76. The quantitative estimate of drug-likeness (QED) is 0.746. The molecule has 22 heavy (non-hydrogen) atoms. The van der Waals surface area contributed by atoms with Gasteiger partial charge in [-0.2, -0.15) is 0 Å². The van der Waals surface area contributed by atoms with E-state index in [4.69, 9.17) is 16.0 Å². The second-order valence-corrected chi connectivity index (χ2v) is 5.62. The van der Waals surface area contributed by atoms with Crippen molar-refractivity contribution in [3.63, 3.8) is 0 Å². The van der Waals surface area contributed by atoms with E-state index in [0.717, 1.165) is 16.8 Å². The minimum Gasteiger partial charge on any atom is -0.418 e. The molecule has 0 fully saturated rings. The standard InChI is InChI=1S/C17H16ClN3O/c1-11-4-3-5-13(10-11)17-21-20-16(22-17)12(2)19-15-8-6-14(18)7-9-15/h3-10,12,19H,1-2H3/t12-/m1/s1. The molecule has 1 aromatic heterocycles. The highest BCUT2D eigenvalue weighted by molar-refractivity contribution is 6.30. The molecule has 0 aliphatic carbocycles. The molecule has 0 aliphatic rings. The zero-order chi connectivity index (χ0) is 15.5. The Morgan fingerprint density at radius 2 is 1.86 bits per heavy atom. The predicted octanol–water partition coefficient (Wildman–Crippen LogP) is 4.87. The highest BCUT2D eigenvalue weighted by Gasteiger charge is 2.15. The van der Waals surface area contributed by atoms with Gasteiger partial charge < -0.3 is 9.73 Å². The van der Waals surface area contributed by atoms with Crippen LogP contribution in [0.15, 0.2) is 52.9 Å². The van der Waals surface area contributed by atoms with Gasteiger partial charge in [-0.25, -0.2) is 0 Å². The lowest BCUT2D eigenvalue weighted by molar-refractivity contribution is 0.485. The molecule has 0 amide bonds. The van der Waals surface area contributed by atoms with E-state index in [-0.39, 0.29) is 6.04 Å². The van der Waals surface area contributed by atoms with Gasteiger partial charge in [0.2, 0.25) is 11.8 Å². The van der Waals surface area contributed by atoms with Crippen LogP contribution in [0.1, 0.15) is 24.4 Å². The number of rotatable bonds is 4. The maximum absolute atomic E-state index is 5.88. The normalized spacial score (nSPS) is 12.1. The molecule has 0 aliphatic heterocycles. The van der Waals surface area contributed by atoms with Gasteiger partial charge in [0, 0.05) is 16.3 Å². The maximum atomic E-state index is 5.88. The van der Waals surface area contributed by atoms with Crippen molar-refractivity contribution < 1.29 is 4.42 Å². The first-order chi connectivity index (χ1) is 10.6. The monoisotopic (exact) mass is 313 g/mol. The summed E-state index contributed by atoms with van der Waals surface area (Å²) < 4.78 is 5.77. The molecule has 1 heterocycles. The minimum atomic E-state index is -0.0905. The summed E-state index contributed by atoms with van der Waals surface area (Å²) in [6.45, 7) is 4.01. The zero-order valence-corrected chi connectivity index (χ0v) is 13.1. The van der Waals surface area contributed by atoms with Crippen molar-refractivity contribution in [2.45, 2.75) is 19.9 Å². The first-order valence-electron chi connectivity index (χ1n) is 7.04. The van der Waals surface area contributed by atoms with Gasteiger partial charge in [0.15, 0.2) is 0 Å². The zero-order valence-electron chi connectivity index (χ0n) is 12.4. The van der Waals surface area contributed by atoms with Gasteiger partial charge in [0.1, 0.15) is 6.04 Å². The van der Waals surface area contributed by atoms with E-state index in [2.05, 4.69) is 15.5 Å².